The van der Waals surface area contributed by atoms with Crippen LogP contribution in [0.5, 0.6) is 0 Å². The average molecular weight is 430 g/mol. The fourth-order valence-corrected chi connectivity index (χ4v) is 6.14. The van der Waals surface area contributed by atoms with E-state index >= 15 is 0 Å². The van der Waals surface area contributed by atoms with Gasteiger partial charge in [0.15, 0.2) is 0 Å². The van der Waals surface area contributed by atoms with Crippen LogP contribution in [0.1, 0.15) is 35.7 Å². The number of piperidine rings is 1. The van der Waals surface area contributed by atoms with Gasteiger partial charge in [-0.25, -0.2) is 8.42 Å². The molecule has 8 nitrogen and oxygen atoms in total. The summed E-state index contributed by atoms with van der Waals surface area (Å²) in [5, 5.41) is 8.40. The predicted molar refractivity (Wildman–Crippen MR) is 112 cm³/mol. The maximum Gasteiger partial charge on any atom is 0.246 e. The lowest BCUT2D eigenvalue weighted by atomic mass is 9.96. The molecule has 0 radical (unpaired) electrons. The molecule has 9 heteroatoms. The predicted octanol–water partition coefficient (Wildman–Crippen LogP) is 3.04. The first-order valence-electron chi connectivity index (χ1n) is 10.2. The van der Waals surface area contributed by atoms with Crippen molar-refractivity contribution in [3.8, 4) is 11.4 Å². The summed E-state index contributed by atoms with van der Waals surface area (Å²) in [4.78, 5) is 4.88. The van der Waals surface area contributed by atoms with Gasteiger partial charge in [0.25, 0.3) is 0 Å². The molecule has 1 unspecified atom stereocenters. The van der Waals surface area contributed by atoms with E-state index in [1.54, 1.807) is 29.9 Å². The van der Waals surface area contributed by atoms with Crippen LogP contribution in [0.15, 0.2) is 33.7 Å². The maximum absolute atomic E-state index is 13.3. The van der Waals surface area contributed by atoms with Crippen LogP contribution in [0.2, 0.25) is 0 Å². The summed E-state index contributed by atoms with van der Waals surface area (Å²) in [7, 11) is -1.82. The highest BCUT2D eigenvalue weighted by molar-refractivity contribution is 7.89. The Bertz CT molecular complexity index is 1170. The quantitative estimate of drug-likeness (QED) is 0.619. The molecule has 1 aliphatic rings. The standard InChI is InChI=1S/C21H27N5O3S/c1-14-8-5-6-10-18(14)21-22-19(29-24-21)12-17-9-7-11-26(13-17)30(27,28)20-15(2)23-25(4)16(20)3/h5-6,8,10,17H,7,9,11-13H2,1-4H3. The number of benzene rings is 1. The largest absolute Gasteiger partial charge is 0.339 e. The second kappa shape index (κ2) is 7.96. The Morgan fingerprint density at radius 3 is 2.67 bits per heavy atom. The molecule has 3 heterocycles. The fraction of sp³-hybridized carbons (Fsp3) is 0.476. The Labute approximate surface area is 177 Å². The molecule has 30 heavy (non-hydrogen) atoms. The third-order valence-corrected chi connectivity index (χ3v) is 7.96. The van der Waals surface area contributed by atoms with Crippen LogP contribution in [0.25, 0.3) is 11.4 Å². The molecule has 0 aliphatic carbocycles. The van der Waals surface area contributed by atoms with E-state index in [0.717, 1.165) is 24.0 Å². The molecule has 160 valence electrons. The van der Waals surface area contributed by atoms with Crippen molar-refractivity contribution < 1.29 is 12.9 Å². The summed E-state index contributed by atoms with van der Waals surface area (Å²) in [6.07, 6.45) is 2.30. The molecule has 1 atom stereocenters. The third-order valence-electron chi connectivity index (χ3n) is 5.84. The lowest BCUT2D eigenvalue weighted by molar-refractivity contribution is 0.247. The van der Waals surface area contributed by atoms with Crippen LogP contribution in [-0.2, 0) is 23.5 Å². The van der Waals surface area contributed by atoms with E-state index in [1.165, 1.54) is 0 Å². The normalized spacial score (nSPS) is 18.1. The molecule has 0 amide bonds. The van der Waals surface area contributed by atoms with Crippen molar-refractivity contribution in [2.45, 2.75) is 44.9 Å². The van der Waals surface area contributed by atoms with Gasteiger partial charge in [0, 0.05) is 32.1 Å². The van der Waals surface area contributed by atoms with Crippen LogP contribution in [0, 0.1) is 26.7 Å². The van der Waals surface area contributed by atoms with Crippen molar-refractivity contribution in [3.05, 3.63) is 47.1 Å². The van der Waals surface area contributed by atoms with Crippen LogP contribution in [0.3, 0.4) is 0 Å². The Morgan fingerprint density at radius 2 is 1.97 bits per heavy atom. The first kappa shape index (κ1) is 20.7. The Kier molecular flexibility index (Phi) is 5.50. The third kappa shape index (κ3) is 3.79. The minimum absolute atomic E-state index is 0.135. The molecule has 3 aromatic rings. The smallest absolute Gasteiger partial charge is 0.246 e. The van der Waals surface area contributed by atoms with E-state index in [2.05, 4.69) is 15.2 Å². The summed E-state index contributed by atoms with van der Waals surface area (Å²) in [6, 6.07) is 7.91. The fourth-order valence-electron chi connectivity index (χ4n) is 4.19. The van der Waals surface area contributed by atoms with Crippen molar-refractivity contribution in [2.24, 2.45) is 13.0 Å². The first-order valence-corrected chi connectivity index (χ1v) is 11.6. The number of rotatable bonds is 5. The van der Waals surface area contributed by atoms with E-state index in [4.69, 9.17) is 4.52 Å². The van der Waals surface area contributed by atoms with Gasteiger partial charge in [0.05, 0.1) is 11.4 Å². The van der Waals surface area contributed by atoms with E-state index in [-0.39, 0.29) is 5.92 Å². The molecule has 4 rings (SSSR count). The molecule has 0 spiro atoms. The molecule has 0 bridgehead atoms. The van der Waals surface area contributed by atoms with Crippen LogP contribution in [-0.4, -0.2) is 45.7 Å². The first-order chi connectivity index (χ1) is 14.3. The van der Waals surface area contributed by atoms with Crippen LogP contribution >= 0.6 is 0 Å². The lowest BCUT2D eigenvalue weighted by Gasteiger charge is -2.31. The highest BCUT2D eigenvalue weighted by atomic mass is 32.2. The summed E-state index contributed by atoms with van der Waals surface area (Å²) in [5.41, 5.74) is 3.23. The molecule has 1 aliphatic heterocycles. The summed E-state index contributed by atoms with van der Waals surface area (Å²) < 4.78 is 35.3. The zero-order chi connectivity index (χ0) is 21.5. The minimum Gasteiger partial charge on any atom is -0.339 e. The van der Waals surface area contributed by atoms with Gasteiger partial charge in [0.2, 0.25) is 21.7 Å². The van der Waals surface area contributed by atoms with Crippen LogP contribution < -0.4 is 0 Å². The zero-order valence-electron chi connectivity index (χ0n) is 17.8. The van der Waals surface area contributed by atoms with Gasteiger partial charge in [0.1, 0.15) is 4.90 Å². The van der Waals surface area contributed by atoms with E-state index in [9.17, 15) is 8.42 Å². The summed E-state index contributed by atoms with van der Waals surface area (Å²) in [6.45, 7) is 6.51. The van der Waals surface area contributed by atoms with E-state index in [1.807, 2.05) is 31.2 Å². The molecule has 0 N–H and O–H groups in total. The van der Waals surface area contributed by atoms with Crippen molar-refractivity contribution in [1.29, 1.82) is 0 Å². The maximum atomic E-state index is 13.3. The number of hydrogen-bond acceptors (Lipinski definition) is 6. The molecule has 0 saturated carbocycles. The van der Waals surface area contributed by atoms with Gasteiger partial charge in [-0.05, 0) is 45.1 Å². The number of hydrogen-bond donors (Lipinski definition) is 0. The van der Waals surface area contributed by atoms with Gasteiger partial charge < -0.3 is 4.52 Å². The van der Waals surface area contributed by atoms with Crippen molar-refractivity contribution in [2.75, 3.05) is 13.1 Å². The average Bonchev–Trinajstić information content (AvgIpc) is 3.26. The molecule has 1 fully saturated rings. The number of sulfonamides is 1. The molecular weight excluding hydrogens is 402 g/mol. The topological polar surface area (TPSA) is 94.1 Å². The van der Waals surface area contributed by atoms with Gasteiger partial charge >= 0.3 is 0 Å². The Hall–Kier alpha value is -2.52. The highest BCUT2D eigenvalue weighted by Gasteiger charge is 2.34. The summed E-state index contributed by atoms with van der Waals surface area (Å²) >= 11 is 0. The second-order valence-electron chi connectivity index (χ2n) is 8.03. The number of nitrogens with zero attached hydrogens (tertiary/aromatic N) is 5. The van der Waals surface area contributed by atoms with Crippen molar-refractivity contribution >= 4 is 10.0 Å². The minimum atomic E-state index is -3.59. The number of aryl methyl sites for hydroxylation is 3. The Balaban J connectivity index is 1.51. The van der Waals surface area contributed by atoms with Gasteiger partial charge in [-0.1, -0.05) is 29.4 Å². The van der Waals surface area contributed by atoms with Crippen molar-refractivity contribution in [1.82, 2.24) is 24.2 Å². The van der Waals surface area contributed by atoms with E-state index in [0.29, 0.717) is 47.5 Å². The lowest BCUT2D eigenvalue weighted by Crippen LogP contribution is -2.40. The second-order valence-corrected chi connectivity index (χ2v) is 9.90. The molecule has 1 aromatic carbocycles. The van der Waals surface area contributed by atoms with Crippen molar-refractivity contribution in [3.63, 3.8) is 0 Å². The van der Waals surface area contributed by atoms with Gasteiger partial charge in [-0.2, -0.15) is 14.4 Å². The van der Waals surface area contributed by atoms with E-state index < -0.39 is 10.0 Å². The van der Waals surface area contributed by atoms with Crippen LogP contribution in [0.4, 0.5) is 0 Å². The zero-order valence-corrected chi connectivity index (χ0v) is 18.6. The van der Waals surface area contributed by atoms with Gasteiger partial charge in [-0.3, -0.25) is 4.68 Å². The molecule has 1 saturated heterocycles. The highest BCUT2D eigenvalue weighted by Crippen LogP contribution is 2.29. The molecular formula is C21H27N5O3S. The Morgan fingerprint density at radius 1 is 1.20 bits per heavy atom. The molecule has 2 aromatic heterocycles. The summed E-state index contributed by atoms with van der Waals surface area (Å²) in [5.74, 6) is 1.26. The monoisotopic (exact) mass is 429 g/mol. The van der Waals surface area contributed by atoms with Gasteiger partial charge in [-0.15, -0.1) is 0 Å². The SMILES string of the molecule is Cc1ccccc1-c1noc(CC2CCCN(S(=O)(=O)c3c(C)nn(C)c3C)C2)n1. The number of aromatic nitrogens is 4.